The molecule has 17 heavy (non-hydrogen) atoms. The summed E-state index contributed by atoms with van der Waals surface area (Å²) in [7, 11) is 0. The molecule has 1 aromatic carbocycles. The van der Waals surface area contributed by atoms with Gasteiger partial charge in [0, 0.05) is 11.8 Å². The molecule has 0 saturated heterocycles. The van der Waals surface area contributed by atoms with Crippen LogP contribution in [0.25, 0.3) is 0 Å². The lowest BCUT2D eigenvalue weighted by molar-refractivity contribution is 0.411. The van der Waals surface area contributed by atoms with Crippen molar-refractivity contribution >= 4 is 17.3 Å². The summed E-state index contributed by atoms with van der Waals surface area (Å²) in [5.41, 5.74) is 6.64. The fourth-order valence-electron chi connectivity index (χ4n) is 1.20. The number of aryl methyl sites for hydroxylation is 1. The van der Waals surface area contributed by atoms with Gasteiger partial charge in [-0.15, -0.1) is 0 Å². The molecule has 1 aromatic heterocycles. The van der Waals surface area contributed by atoms with E-state index in [0.717, 1.165) is 5.56 Å². The van der Waals surface area contributed by atoms with E-state index in [9.17, 15) is 4.39 Å². The molecule has 2 aromatic rings. The highest BCUT2D eigenvalue weighted by Gasteiger charge is 2.09. The fourth-order valence-corrected chi connectivity index (χ4v) is 1.30. The number of nitrogens with zero attached hydrogens (tertiary/aromatic N) is 2. The van der Waals surface area contributed by atoms with Crippen molar-refractivity contribution in [1.29, 1.82) is 0 Å². The maximum atomic E-state index is 13.5. The highest BCUT2D eigenvalue weighted by atomic mass is 35.5. The summed E-state index contributed by atoms with van der Waals surface area (Å²) in [6.45, 7) is 1.75. The van der Waals surface area contributed by atoms with Gasteiger partial charge in [0.2, 0.25) is 0 Å². The van der Waals surface area contributed by atoms with E-state index < -0.39 is 5.82 Å². The van der Waals surface area contributed by atoms with E-state index in [-0.39, 0.29) is 11.8 Å². The molecule has 0 atom stereocenters. The Morgan fingerprint density at radius 2 is 1.94 bits per heavy atom. The van der Waals surface area contributed by atoms with Crippen molar-refractivity contribution in [2.24, 2.45) is 0 Å². The van der Waals surface area contributed by atoms with E-state index in [1.807, 2.05) is 0 Å². The van der Waals surface area contributed by atoms with E-state index >= 15 is 0 Å². The van der Waals surface area contributed by atoms with Crippen LogP contribution in [0.15, 0.2) is 24.5 Å². The number of benzene rings is 1. The van der Waals surface area contributed by atoms with Crippen LogP contribution in [0.3, 0.4) is 0 Å². The van der Waals surface area contributed by atoms with Gasteiger partial charge in [-0.25, -0.2) is 14.4 Å². The van der Waals surface area contributed by atoms with Crippen molar-refractivity contribution < 1.29 is 9.13 Å². The smallest absolute Gasteiger partial charge is 0.322 e. The van der Waals surface area contributed by atoms with Gasteiger partial charge in [0.25, 0.3) is 0 Å². The normalized spacial score (nSPS) is 10.3. The maximum absolute atomic E-state index is 13.5. The molecule has 0 amide bonds. The minimum Gasteiger partial charge on any atom is -0.421 e. The summed E-state index contributed by atoms with van der Waals surface area (Å²) in [4.78, 5) is 7.61. The molecular weight excluding hydrogens is 245 g/mol. The predicted molar refractivity (Wildman–Crippen MR) is 62.7 cm³/mol. The van der Waals surface area contributed by atoms with Crippen LogP contribution in [0.5, 0.6) is 11.8 Å². The number of nitrogen functional groups attached to an aromatic ring is 1. The van der Waals surface area contributed by atoms with Crippen LogP contribution < -0.4 is 10.5 Å². The lowest BCUT2D eigenvalue weighted by atomic mass is 10.2. The minimum atomic E-state index is -0.563. The molecule has 0 unspecified atom stereocenters. The van der Waals surface area contributed by atoms with Gasteiger partial charge in [-0.3, -0.25) is 0 Å². The predicted octanol–water partition coefficient (Wildman–Crippen LogP) is 2.95. The molecule has 0 spiro atoms. The summed E-state index contributed by atoms with van der Waals surface area (Å²) in [6, 6.07) is 2.71. The van der Waals surface area contributed by atoms with E-state index in [4.69, 9.17) is 22.1 Å². The lowest BCUT2D eigenvalue weighted by Crippen LogP contribution is -1.97. The van der Waals surface area contributed by atoms with Crippen LogP contribution in [0.2, 0.25) is 5.02 Å². The number of anilines is 1. The summed E-state index contributed by atoms with van der Waals surface area (Å²) >= 11 is 5.62. The second kappa shape index (κ2) is 4.55. The Morgan fingerprint density at radius 1 is 1.29 bits per heavy atom. The zero-order chi connectivity index (χ0) is 12.4. The average Bonchev–Trinajstić information content (AvgIpc) is 2.29. The Kier molecular flexibility index (Phi) is 3.10. The second-order valence-electron chi connectivity index (χ2n) is 3.43. The van der Waals surface area contributed by atoms with Crippen LogP contribution in [0.1, 0.15) is 5.56 Å². The number of hydrogen-bond acceptors (Lipinski definition) is 4. The van der Waals surface area contributed by atoms with Gasteiger partial charge < -0.3 is 10.5 Å². The first kappa shape index (κ1) is 11.6. The number of aromatic nitrogens is 2. The SMILES string of the molecule is Cc1cc(Oc2ncc(Cl)cn2)c(F)cc1N. The van der Waals surface area contributed by atoms with Crippen molar-refractivity contribution in [3.05, 3.63) is 40.9 Å². The molecule has 1 heterocycles. The molecule has 2 rings (SSSR count). The zero-order valence-electron chi connectivity index (χ0n) is 8.95. The molecule has 0 aliphatic rings. The number of hydrogen-bond donors (Lipinski definition) is 1. The van der Waals surface area contributed by atoms with Gasteiger partial charge in [-0.1, -0.05) is 11.6 Å². The summed E-state index contributed by atoms with van der Waals surface area (Å²) in [6.07, 6.45) is 2.73. The van der Waals surface area contributed by atoms with E-state index in [2.05, 4.69) is 9.97 Å². The summed E-state index contributed by atoms with van der Waals surface area (Å²) in [5.74, 6) is -0.536. The Morgan fingerprint density at radius 3 is 2.59 bits per heavy atom. The van der Waals surface area contributed by atoms with Crippen molar-refractivity contribution in [3.8, 4) is 11.8 Å². The number of ether oxygens (including phenoxy) is 1. The number of nitrogens with two attached hydrogens (primary N) is 1. The van der Waals surface area contributed by atoms with Gasteiger partial charge in [0.1, 0.15) is 0 Å². The van der Waals surface area contributed by atoms with Crippen molar-refractivity contribution in [2.45, 2.75) is 6.92 Å². The molecule has 0 bridgehead atoms. The van der Waals surface area contributed by atoms with Gasteiger partial charge >= 0.3 is 6.01 Å². The van der Waals surface area contributed by atoms with Gasteiger partial charge in [-0.2, -0.15) is 0 Å². The van der Waals surface area contributed by atoms with Crippen LogP contribution >= 0.6 is 11.6 Å². The third-order valence-corrected chi connectivity index (χ3v) is 2.31. The van der Waals surface area contributed by atoms with E-state index in [1.54, 1.807) is 6.92 Å². The van der Waals surface area contributed by atoms with Gasteiger partial charge in [0.15, 0.2) is 11.6 Å². The number of rotatable bonds is 2. The number of halogens is 2. The molecule has 0 aliphatic heterocycles. The van der Waals surface area contributed by atoms with E-state index in [1.165, 1.54) is 24.5 Å². The summed E-state index contributed by atoms with van der Waals surface area (Å²) < 4.78 is 18.7. The molecule has 0 fully saturated rings. The molecule has 0 saturated carbocycles. The first-order chi connectivity index (χ1) is 8.06. The third kappa shape index (κ3) is 2.62. The molecular formula is C11H9ClFN3O. The second-order valence-corrected chi connectivity index (χ2v) is 3.86. The Hall–Kier alpha value is -1.88. The van der Waals surface area contributed by atoms with Crippen molar-refractivity contribution in [1.82, 2.24) is 9.97 Å². The molecule has 6 heteroatoms. The van der Waals surface area contributed by atoms with Gasteiger partial charge in [-0.05, 0) is 18.6 Å². The van der Waals surface area contributed by atoms with Crippen LogP contribution in [0.4, 0.5) is 10.1 Å². The molecule has 88 valence electrons. The lowest BCUT2D eigenvalue weighted by Gasteiger charge is -2.07. The highest BCUT2D eigenvalue weighted by molar-refractivity contribution is 6.30. The fraction of sp³-hybridized carbons (Fsp3) is 0.0909. The molecule has 4 nitrogen and oxygen atoms in total. The Balaban J connectivity index is 2.30. The standard InChI is InChI=1S/C11H9ClFN3O/c1-6-2-10(8(13)3-9(6)14)17-11-15-4-7(12)5-16-11/h2-5H,14H2,1H3. The maximum Gasteiger partial charge on any atom is 0.322 e. The van der Waals surface area contributed by atoms with Crippen molar-refractivity contribution in [2.75, 3.05) is 5.73 Å². The average molecular weight is 254 g/mol. The van der Waals surface area contributed by atoms with Crippen molar-refractivity contribution in [3.63, 3.8) is 0 Å². The first-order valence-electron chi connectivity index (χ1n) is 4.77. The van der Waals surface area contributed by atoms with Crippen LogP contribution in [-0.4, -0.2) is 9.97 Å². The quantitative estimate of drug-likeness (QED) is 0.836. The third-order valence-electron chi connectivity index (χ3n) is 2.12. The Bertz CT molecular complexity index is 545. The van der Waals surface area contributed by atoms with Crippen LogP contribution in [-0.2, 0) is 0 Å². The van der Waals surface area contributed by atoms with Gasteiger partial charge in [0.05, 0.1) is 17.4 Å². The molecule has 0 aliphatic carbocycles. The first-order valence-corrected chi connectivity index (χ1v) is 5.15. The zero-order valence-corrected chi connectivity index (χ0v) is 9.70. The topological polar surface area (TPSA) is 61.0 Å². The molecule has 2 N–H and O–H groups in total. The Labute approximate surface area is 102 Å². The monoisotopic (exact) mass is 253 g/mol. The molecule has 0 radical (unpaired) electrons. The largest absolute Gasteiger partial charge is 0.421 e. The highest BCUT2D eigenvalue weighted by Crippen LogP contribution is 2.26. The van der Waals surface area contributed by atoms with Crippen LogP contribution in [0, 0.1) is 12.7 Å². The minimum absolute atomic E-state index is 0.0254. The summed E-state index contributed by atoms with van der Waals surface area (Å²) in [5, 5.41) is 0.381. The van der Waals surface area contributed by atoms with E-state index in [0.29, 0.717) is 10.7 Å².